The predicted molar refractivity (Wildman–Crippen MR) is 95.0 cm³/mol. The number of fused-ring (bicyclic) bond motifs is 1. The van der Waals surface area contributed by atoms with Crippen molar-refractivity contribution in [1.29, 1.82) is 0 Å². The van der Waals surface area contributed by atoms with E-state index in [1.54, 1.807) is 29.1 Å². The number of hydrogen-bond donors (Lipinski definition) is 1. The van der Waals surface area contributed by atoms with Gasteiger partial charge in [-0.3, -0.25) is 9.58 Å². The zero-order valence-corrected chi connectivity index (χ0v) is 15.1. The third-order valence-electron chi connectivity index (χ3n) is 4.67. The molecule has 0 unspecified atom stereocenters. The minimum absolute atomic E-state index is 0.144. The van der Waals surface area contributed by atoms with Crippen LogP contribution in [-0.4, -0.2) is 35.9 Å². The Labute approximate surface area is 155 Å². The monoisotopic (exact) mass is 375 g/mol. The highest BCUT2D eigenvalue weighted by Crippen LogP contribution is 2.24. The molecule has 3 aromatic rings. The summed E-state index contributed by atoms with van der Waals surface area (Å²) in [5.74, 6) is 0.165. The minimum atomic E-state index is -0.850. The van der Waals surface area contributed by atoms with Crippen LogP contribution < -0.4 is 0 Å². The van der Waals surface area contributed by atoms with Crippen LogP contribution >= 0.6 is 11.6 Å². The highest BCUT2D eigenvalue weighted by Gasteiger charge is 2.23. The number of aryl methyl sites for hydroxylation is 1. The molecule has 1 N–H and O–H groups in total. The Morgan fingerprint density at radius 3 is 2.88 bits per heavy atom. The molecule has 1 aliphatic rings. The van der Waals surface area contributed by atoms with Crippen LogP contribution in [0.5, 0.6) is 0 Å². The molecule has 4 rings (SSSR count). The first-order chi connectivity index (χ1) is 12.5. The second kappa shape index (κ2) is 6.83. The smallest absolute Gasteiger partial charge is 0.155 e. The highest BCUT2D eigenvalue weighted by molar-refractivity contribution is 6.30. The van der Waals surface area contributed by atoms with Crippen LogP contribution in [-0.2, 0) is 26.7 Å². The van der Waals surface area contributed by atoms with Crippen LogP contribution in [0.2, 0.25) is 5.02 Å². The molecule has 0 bridgehead atoms. The van der Waals surface area contributed by atoms with Gasteiger partial charge in [0.15, 0.2) is 6.10 Å². The lowest BCUT2D eigenvalue weighted by Crippen LogP contribution is -2.33. The van der Waals surface area contributed by atoms with Crippen molar-refractivity contribution in [2.24, 2.45) is 7.05 Å². The Bertz CT molecular complexity index is 938. The van der Waals surface area contributed by atoms with Crippen LogP contribution in [0.4, 0.5) is 4.39 Å². The van der Waals surface area contributed by atoms with Crippen LogP contribution in [0.15, 0.2) is 36.7 Å². The summed E-state index contributed by atoms with van der Waals surface area (Å²) in [6, 6.07) is 6.73. The van der Waals surface area contributed by atoms with Crippen molar-refractivity contribution < 1.29 is 9.50 Å². The fraction of sp³-hybridized carbons (Fsp3) is 0.333. The number of rotatable bonds is 4. The van der Waals surface area contributed by atoms with Crippen LogP contribution in [0.1, 0.15) is 28.9 Å². The van der Waals surface area contributed by atoms with Crippen LogP contribution in [0, 0.1) is 5.82 Å². The molecule has 1 aromatic carbocycles. The molecule has 6 nitrogen and oxygen atoms in total. The Hall–Kier alpha value is -2.22. The Balaban J connectivity index is 1.49. The molecule has 1 atom stereocenters. The number of nitrogens with zero attached hydrogens (tertiary/aromatic N) is 5. The SMILES string of the molecule is Cn1ccnc1[C@@H](O)c1cc2n(n1)CCN(Cc1ccc(F)c(Cl)c1)C2. The van der Waals surface area contributed by atoms with Crippen molar-refractivity contribution in [3.05, 3.63) is 70.3 Å². The van der Waals surface area contributed by atoms with Crippen molar-refractivity contribution in [3.63, 3.8) is 0 Å². The summed E-state index contributed by atoms with van der Waals surface area (Å²) in [6.07, 6.45) is 2.60. The molecule has 0 saturated carbocycles. The van der Waals surface area contributed by atoms with Crippen molar-refractivity contribution in [2.75, 3.05) is 6.54 Å². The molecule has 26 heavy (non-hydrogen) atoms. The second-order valence-electron chi connectivity index (χ2n) is 6.54. The topological polar surface area (TPSA) is 59.1 Å². The molecule has 0 spiro atoms. The molecule has 8 heteroatoms. The molecule has 136 valence electrons. The molecular formula is C18H19ClFN5O. The predicted octanol–water partition coefficient (Wildman–Crippen LogP) is 2.51. The fourth-order valence-corrected chi connectivity index (χ4v) is 3.48. The summed E-state index contributed by atoms with van der Waals surface area (Å²) in [7, 11) is 1.84. The summed E-state index contributed by atoms with van der Waals surface area (Å²) < 4.78 is 17.0. The molecule has 0 aliphatic carbocycles. The quantitative estimate of drug-likeness (QED) is 0.761. The van der Waals surface area contributed by atoms with Gasteiger partial charge in [-0.1, -0.05) is 17.7 Å². The minimum Gasteiger partial charge on any atom is -0.379 e. The van der Waals surface area contributed by atoms with Crippen molar-refractivity contribution >= 4 is 11.6 Å². The average molecular weight is 376 g/mol. The van der Waals surface area contributed by atoms with Gasteiger partial charge in [0.2, 0.25) is 0 Å². The van der Waals surface area contributed by atoms with Crippen molar-refractivity contribution in [2.45, 2.75) is 25.7 Å². The van der Waals surface area contributed by atoms with Crippen LogP contribution in [0.25, 0.3) is 0 Å². The van der Waals surface area contributed by atoms with Gasteiger partial charge in [-0.25, -0.2) is 9.37 Å². The van der Waals surface area contributed by atoms with Crippen molar-refractivity contribution in [1.82, 2.24) is 24.2 Å². The fourth-order valence-electron chi connectivity index (χ4n) is 3.28. The molecule has 0 saturated heterocycles. The molecule has 0 fully saturated rings. The first-order valence-electron chi connectivity index (χ1n) is 8.39. The number of imidazole rings is 1. The lowest BCUT2D eigenvalue weighted by atomic mass is 10.1. The number of halogens is 2. The first kappa shape index (κ1) is 17.2. The zero-order chi connectivity index (χ0) is 18.3. The zero-order valence-electron chi connectivity index (χ0n) is 14.3. The molecule has 3 heterocycles. The molecular weight excluding hydrogens is 357 g/mol. The number of hydrogen-bond acceptors (Lipinski definition) is 4. The first-order valence-corrected chi connectivity index (χ1v) is 8.77. The van der Waals surface area contributed by atoms with E-state index in [1.165, 1.54) is 6.07 Å². The van der Waals surface area contributed by atoms with E-state index >= 15 is 0 Å². The second-order valence-corrected chi connectivity index (χ2v) is 6.95. The van der Waals surface area contributed by atoms with E-state index in [9.17, 15) is 9.50 Å². The normalized spacial score (nSPS) is 15.8. The van der Waals surface area contributed by atoms with Crippen LogP contribution in [0.3, 0.4) is 0 Å². The summed E-state index contributed by atoms with van der Waals surface area (Å²) >= 11 is 5.87. The number of aliphatic hydroxyl groups excluding tert-OH is 1. The summed E-state index contributed by atoms with van der Waals surface area (Å²) in [6.45, 7) is 2.94. The lowest BCUT2D eigenvalue weighted by Gasteiger charge is -2.27. The molecule has 2 aromatic heterocycles. The average Bonchev–Trinajstić information content (AvgIpc) is 3.23. The standard InChI is InChI=1S/C18H19ClFN5O/c1-23-5-4-21-18(23)17(26)16-9-13-11-24(6-7-25(13)22-16)10-12-2-3-15(20)14(19)8-12/h2-5,8-9,17,26H,6-7,10-11H2,1H3/t17-/m0/s1. The van der Waals surface area contributed by atoms with E-state index in [2.05, 4.69) is 15.0 Å². The van der Waals surface area contributed by atoms with E-state index in [-0.39, 0.29) is 5.02 Å². The van der Waals surface area contributed by atoms with Gasteiger partial charge in [-0.2, -0.15) is 5.10 Å². The van der Waals surface area contributed by atoms with E-state index in [0.717, 1.165) is 24.3 Å². The Morgan fingerprint density at radius 1 is 1.31 bits per heavy atom. The maximum absolute atomic E-state index is 13.3. The number of aliphatic hydroxyl groups is 1. The van der Waals surface area contributed by atoms with Gasteiger partial charge in [0.25, 0.3) is 0 Å². The summed E-state index contributed by atoms with van der Waals surface area (Å²) in [5.41, 5.74) is 2.60. The third-order valence-corrected chi connectivity index (χ3v) is 4.96. The molecule has 0 radical (unpaired) electrons. The van der Waals surface area contributed by atoms with Gasteiger partial charge < -0.3 is 9.67 Å². The van der Waals surface area contributed by atoms with E-state index < -0.39 is 11.9 Å². The van der Waals surface area contributed by atoms with Gasteiger partial charge in [0.05, 0.1) is 23.0 Å². The number of aromatic nitrogens is 4. The summed E-state index contributed by atoms with van der Waals surface area (Å²) in [4.78, 5) is 6.44. The van der Waals surface area contributed by atoms with E-state index in [0.29, 0.717) is 24.6 Å². The van der Waals surface area contributed by atoms with E-state index in [4.69, 9.17) is 11.6 Å². The van der Waals surface area contributed by atoms with Gasteiger partial charge in [0, 0.05) is 39.1 Å². The molecule has 1 aliphatic heterocycles. The third kappa shape index (κ3) is 3.25. The number of benzene rings is 1. The van der Waals surface area contributed by atoms with E-state index in [1.807, 2.05) is 17.8 Å². The van der Waals surface area contributed by atoms with Gasteiger partial charge in [0.1, 0.15) is 11.6 Å². The highest BCUT2D eigenvalue weighted by atomic mass is 35.5. The lowest BCUT2D eigenvalue weighted by molar-refractivity contribution is 0.194. The molecule has 0 amide bonds. The maximum Gasteiger partial charge on any atom is 0.155 e. The largest absolute Gasteiger partial charge is 0.379 e. The van der Waals surface area contributed by atoms with Crippen molar-refractivity contribution in [3.8, 4) is 0 Å². The van der Waals surface area contributed by atoms with Gasteiger partial charge in [-0.05, 0) is 23.8 Å². The van der Waals surface area contributed by atoms with Gasteiger partial charge in [-0.15, -0.1) is 0 Å². The Morgan fingerprint density at radius 2 is 2.15 bits per heavy atom. The summed E-state index contributed by atoms with van der Waals surface area (Å²) in [5, 5.41) is 15.2. The maximum atomic E-state index is 13.3. The van der Waals surface area contributed by atoms with Gasteiger partial charge >= 0.3 is 0 Å². The Kier molecular flexibility index (Phi) is 4.52.